The van der Waals surface area contributed by atoms with Crippen LogP contribution in [-0.2, 0) is 24.1 Å². The Bertz CT molecular complexity index is 1040. The van der Waals surface area contributed by atoms with Crippen LogP contribution in [0.25, 0.3) is 10.9 Å². The third-order valence-corrected chi connectivity index (χ3v) is 3.73. The van der Waals surface area contributed by atoms with Crippen LogP contribution < -0.4 is 16.4 Å². The van der Waals surface area contributed by atoms with Gasteiger partial charge in [-0.1, -0.05) is 12.1 Å². The summed E-state index contributed by atoms with van der Waals surface area (Å²) in [6, 6.07) is 7.53. The monoisotopic (exact) mass is 380 g/mol. The van der Waals surface area contributed by atoms with Crippen LogP contribution in [0.15, 0.2) is 41.3 Å². The number of aromatic nitrogens is 4. The number of benzene rings is 1. The molecule has 3 aromatic rings. The van der Waals surface area contributed by atoms with Crippen molar-refractivity contribution in [2.45, 2.75) is 26.2 Å². The van der Waals surface area contributed by atoms with Gasteiger partial charge in [0.15, 0.2) is 5.69 Å². The molecular weight excluding hydrogens is 365 g/mol. The fraction of sp³-hybridized carbons (Fsp3) is 0.250. The molecule has 27 heavy (non-hydrogen) atoms. The lowest BCUT2D eigenvalue weighted by Gasteiger charge is -2.14. The van der Waals surface area contributed by atoms with E-state index in [0.717, 1.165) is 16.9 Å². The molecule has 0 radical (unpaired) electrons. The molecule has 0 bridgehead atoms. The maximum atomic E-state index is 12.5. The van der Waals surface area contributed by atoms with Crippen molar-refractivity contribution in [3.63, 3.8) is 0 Å². The van der Waals surface area contributed by atoms with Crippen LogP contribution in [0.3, 0.4) is 0 Å². The summed E-state index contributed by atoms with van der Waals surface area (Å²) in [6.45, 7) is 1.61. The molecule has 0 atom stereocenters. The van der Waals surface area contributed by atoms with Gasteiger partial charge in [-0.3, -0.25) is 29.7 Å². The number of carbonyl (C=O) groups excluding carboxylic acids is 1. The van der Waals surface area contributed by atoms with Crippen LogP contribution in [0.5, 0.6) is 0 Å². The Hall–Kier alpha value is -3.37. The Morgan fingerprint density at radius 3 is 2.63 bits per heavy atom. The maximum Gasteiger partial charge on any atom is 0.435 e. The molecule has 2 aromatic heterocycles. The van der Waals surface area contributed by atoms with Crippen molar-refractivity contribution in [1.82, 2.24) is 24.8 Å². The largest absolute Gasteiger partial charge is 0.435 e. The first-order chi connectivity index (χ1) is 12.8. The Morgan fingerprint density at radius 1 is 1.22 bits per heavy atom. The average molecular weight is 380 g/mol. The van der Waals surface area contributed by atoms with Crippen molar-refractivity contribution in [3.05, 3.63) is 52.6 Å². The van der Waals surface area contributed by atoms with Crippen LogP contribution in [0.1, 0.15) is 12.6 Å². The van der Waals surface area contributed by atoms with Crippen LogP contribution in [0.4, 0.5) is 19.1 Å². The molecule has 142 valence electrons. The summed E-state index contributed by atoms with van der Waals surface area (Å²) >= 11 is 0. The molecule has 0 saturated carbocycles. The van der Waals surface area contributed by atoms with Gasteiger partial charge in [0.25, 0.3) is 11.5 Å². The molecule has 0 unspecified atom stereocenters. The van der Waals surface area contributed by atoms with Crippen molar-refractivity contribution >= 4 is 22.8 Å². The minimum Gasteiger partial charge on any atom is -0.277 e. The molecule has 2 N–H and O–H groups in total. The van der Waals surface area contributed by atoms with E-state index in [9.17, 15) is 22.8 Å². The summed E-state index contributed by atoms with van der Waals surface area (Å²) in [5, 5.41) is 3.73. The summed E-state index contributed by atoms with van der Waals surface area (Å²) in [6.07, 6.45) is -3.52. The highest BCUT2D eigenvalue weighted by atomic mass is 19.4. The lowest BCUT2D eigenvalue weighted by Crippen LogP contribution is -2.36. The van der Waals surface area contributed by atoms with Gasteiger partial charge in [-0.25, -0.2) is 4.98 Å². The van der Waals surface area contributed by atoms with Gasteiger partial charge < -0.3 is 0 Å². The number of nitrogens with one attached hydrogen (secondary N) is 2. The van der Waals surface area contributed by atoms with E-state index in [4.69, 9.17) is 0 Å². The number of rotatable bonds is 5. The third kappa shape index (κ3) is 3.91. The Balaban J connectivity index is 1.73. The molecule has 0 aliphatic heterocycles. The highest BCUT2D eigenvalue weighted by Gasteiger charge is 2.33. The zero-order chi connectivity index (χ0) is 19.6. The van der Waals surface area contributed by atoms with Gasteiger partial charge in [0.2, 0.25) is 5.95 Å². The second-order valence-corrected chi connectivity index (χ2v) is 5.57. The number of anilines is 1. The van der Waals surface area contributed by atoms with E-state index in [-0.39, 0.29) is 11.5 Å². The van der Waals surface area contributed by atoms with Crippen molar-refractivity contribution in [2.75, 3.05) is 5.43 Å². The molecule has 2 heterocycles. The molecule has 1 amide bonds. The van der Waals surface area contributed by atoms with E-state index >= 15 is 0 Å². The fourth-order valence-corrected chi connectivity index (χ4v) is 2.47. The molecule has 8 nitrogen and oxygen atoms in total. The van der Waals surface area contributed by atoms with Gasteiger partial charge in [0, 0.05) is 12.7 Å². The van der Waals surface area contributed by atoms with Crippen LogP contribution >= 0.6 is 0 Å². The number of hydrogen-bond donors (Lipinski definition) is 2. The van der Waals surface area contributed by atoms with E-state index in [1.807, 2.05) is 0 Å². The quantitative estimate of drug-likeness (QED) is 0.658. The Kier molecular flexibility index (Phi) is 4.84. The summed E-state index contributed by atoms with van der Waals surface area (Å²) in [5.41, 5.74) is 3.94. The second kappa shape index (κ2) is 7.09. The van der Waals surface area contributed by atoms with Gasteiger partial charge >= 0.3 is 6.18 Å². The fourth-order valence-electron chi connectivity index (χ4n) is 2.47. The van der Waals surface area contributed by atoms with E-state index in [1.165, 1.54) is 4.57 Å². The van der Waals surface area contributed by atoms with Crippen LogP contribution in [0, 0.1) is 0 Å². The Labute approximate surface area is 150 Å². The SMILES string of the molecule is CCn1c(NNC(=O)Cn2ccc(C(F)(F)F)n2)nc2ccccc2c1=O. The number of alkyl halides is 3. The number of hydrazine groups is 1. The normalized spacial score (nSPS) is 11.6. The van der Waals surface area contributed by atoms with Gasteiger partial charge in [0.1, 0.15) is 6.54 Å². The smallest absolute Gasteiger partial charge is 0.277 e. The van der Waals surface area contributed by atoms with Crippen molar-refractivity contribution in [3.8, 4) is 0 Å². The molecule has 0 fully saturated rings. The summed E-state index contributed by atoms with van der Waals surface area (Å²) < 4.78 is 39.8. The molecule has 3 rings (SSSR count). The van der Waals surface area contributed by atoms with Crippen LogP contribution in [0.2, 0.25) is 0 Å². The van der Waals surface area contributed by atoms with Crippen LogP contribution in [-0.4, -0.2) is 25.2 Å². The number of hydrogen-bond acceptors (Lipinski definition) is 5. The Morgan fingerprint density at radius 2 is 1.96 bits per heavy atom. The minimum absolute atomic E-state index is 0.117. The standard InChI is InChI=1S/C16H15F3N6O2/c1-2-25-14(27)10-5-3-4-6-11(10)20-15(25)22-21-13(26)9-24-8-7-12(23-24)16(17,18)19/h3-8H,2,9H2,1H3,(H,20,22)(H,21,26). The number of carbonyl (C=O) groups is 1. The van der Waals surface area contributed by atoms with Gasteiger partial charge in [-0.2, -0.15) is 18.3 Å². The first-order valence-electron chi connectivity index (χ1n) is 7.94. The second-order valence-electron chi connectivity index (χ2n) is 5.57. The van der Waals surface area contributed by atoms with E-state index in [1.54, 1.807) is 31.2 Å². The lowest BCUT2D eigenvalue weighted by molar-refractivity contribution is -0.141. The summed E-state index contributed by atoms with van der Waals surface area (Å²) in [5.74, 6) is -0.539. The molecular formula is C16H15F3N6O2. The number of fused-ring (bicyclic) bond motifs is 1. The van der Waals surface area contributed by atoms with E-state index in [0.29, 0.717) is 17.4 Å². The molecule has 0 spiro atoms. The lowest BCUT2D eigenvalue weighted by atomic mass is 10.2. The number of para-hydroxylation sites is 1. The van der Waals surface area contributed by atoms with Gasteiger partial charge in [0.05, 0.1) is 10.9 Å². The molecule has 0 aliphatic rings. The zero-order valence-electron chi connectivity index (χ0n) is 14.1. The maximum absolute atomic E-state index is 12.5. The number of amides is 1. The highest BCUT2D eigenvalue weighted by Crippen LogP contribution is 2.27. The van der Waals surface area contributed by atoms with Crippen molar-refractivity contribution in [1.29, 1.82) is 0 Å². The van der Waals surface area contributed by atoms with E-state index < -0.39 is 24.3 Å². The zero-order valence-corrected chi connectivity index (χ0v) is 14.1. The third-order valence-electron chi connectivity index (χ3n) is 3.73. The van der Waals surface area contributed by atoms with Gasteiger partial charge in [-0.05, 0) is 25.1 Å². The van der Waals surface area contributed by atoms with Gasteiger partial charge in [-0.15, -0.1) is 0 Å². The van der Waals surface area contributed by atoms with E-state index in [2.05, 4.69) is 20.9 Å². The van der Waals surface area contributed by atoms with Crippen molar-refractivity contribution < 1.29 is 18.0 Å². The first-order valence-corrected chi connectivity index (χ1v) is 7.94. The average Bonchev–Trinajstić information content (AvgIpc) is 3.09. The molecule has 11 heteroatoms. The molecule has 0 saturated heterocycles. The first kappa shape index (κ1) is 18.4. The number of halogens is 3. The van der Waals surface area contributed by atoms with Crippen molar-refractivity contribution in [2.24, 2.45) is 0 Å². The predicted molar refractivity (Wildman–Crippen MR) is 90.7 cm³/mol. The summed E-state index contributed by atoms with van der Waals surface area (Å²) in [4.78, 5) is 28.7. The molecule has 0 aliphatic carbocycles. The summed E-state index contributed by atoms with van der Waals surface area (Å²) in [7, 11) is 0. The topological polar surface area (TPSA) is 93.8 Å². The predicted octanol–water partition coefficient (Wildman–Crippen LogP) is 1.77. The highest BCUT2D eigenvalue weighted by molar-refractivity contribution is 5.79. The molecule has 1 aromatic carbocycles. The number of nitrogens with zero attached hydrogens (tertiary/aromatic N) is 4. The minimum atomic E-state index is -4.58.